The van der Waals surface area contributed by atoms with E-state index in [9.17, 15) is 5.11 Å². The standard InChI is InChI=1S/C16H18OS/c1-11-8-12(2)14(13(3)9-11)10-18-16-7-5-4-6-15(16)17/h4-9,17H,10H2,1-3H3. The van der Waals surface area contributed by atoms with Crippen LogP contribution in [0.5, 0.6) is 5.75 Å². The van der Waals surface area contributed by atoms with Gasteiger partial charge in [-0.2, -0.15) is 0 Å². The zero-order valence-corrected chi connectivity index (χ0v) is 11.8. The van der Waals surface area contributed by atoms with E-state index in [1.807, 2.05) is 18.2 Å². The highest BCUT2D eigenvalue weighted by atomic mass is 32.2. The molecule has 0 aliphatic rings. The number of aryl methyl sites for hydroxylation is 3. The minimum Gasteiger partial charge on any atom is -0.507 e. The number of phenols is 1. The minimum atomic E-state index is 0.366. The first-order valence-electron chi connectivity index (χ1n) is 6.05. The predicted molar refractivity (Wildman–Crippen MR) is 78.3 cm³/mol. The van der Waals surface area contributed by atoms with Crippen molar-refractivity contribution in [2.75, 3.05) is 0 Å². The molecule has 0 amide bonds. The van der Waals surface area contributed by atoms with Crippen molar-refractivity contribution in [1.29, 1.82) is 0 Å². The second kappa shape index (κ2) is 5.49. The van der Waals surface area contributed by atoms with E-state index in [1.54, 1.807) is 17.8 Å². The first kappa shape index (κ1) is 13.0. The SMILES string of the molecule is Cc1cc(C)c(CSc2ccccc2O)c(C)c1. The van der Waals surface area contributed by atoms with Crippen LogP contribution in [0.1, 0.15) is 22.3 Å². The third-order valence-electron chi connectivity index (χ3n) is 3.08. The van der Waals surface area contributed by atoms with Crippen LogP contribution in [0.15, 0.2) is 41.3 Å². The second-order valence-corrected chi connectivity index (χ2v) is 5.65. The van der Waals surface area contributed by atoms with E-state index in [1.165, 1.54) is 22.3 Å². The Morgan fingerprint density at radius 3 is 2.22 bits per heavy atom. The Hall–Kier alpha value is -1.41. The molecule has 2 heteroatoms. The molecule has 0 saturated carbocycles. The van der Waals surface area contributed by atoms with Crippen molar-refractivity contribution in [3.63, 3.8) is 0 Å². The molecule has 0 aliphatic carbocycles. The van der Waals surface area contributed by atoms with E-state index in [2.05, 4.69) is 32.9 Å². The maximum absolute atomic E-state index is 9.75. The normalized spacial score (nSPS) is 10.6. The average molecular weight is 258 g/mol. The molecule has 2 aromatic rings. The molecule has 0 radical (unpaired) electrons. The first-order valence-corrected chi connectivity index (χ1v) is 7.04. The Bertz CT molecular complexity index is 538. The highest BCUT2D eigenvalue weighted by Crippen LogP contribution is 2.32. The first-order chi connectivity index (χ1) is 8.58. The number of rotatable bonds is 3. The monoisotopic (exact) mass is 258 g/mol. The molecule has 94 valence electrons. The van der Waals surface area contributed by atoms with Crippen molar-refractivity contribution in [2.45, 2.75) is 31.4 Å². The highest BCUT2D eigenvalue weighted by Gasteiger charge is 2.06. The summed E-state index contributed by atoms with van der Waals surface area (Å²) in [6.45, 7) is 6.43. The molecule has 0 saturated heterocycles. The van der Waals surface area contributed by atoms with Gasteiger partial charge in [-0.15, -0.1) is 11.8 Å². The third-order valence-corrected chi connectivity index (χ3v) is 4.17. The molecule has 2 aromatic carbocycles. The smallest absolute Gasteiger partial charge is 0.129 e. The number of benzene rings is 2. The average Bonchev–Trinajstić information content (AvgIpc) is 2.30. The Morgan fingerprint density at radius 1 is 1.00 bits per heavy atom. The number of phenolic OH excluding ortho intramolecular Hbond substituents is 1. The second-order valence-electron chi connectivity index (χ2n) is 4.63. The zero-order chi connectivity index (χ0) is 13.1. The van der Waals surface area contributed by atoms with Gasteiger partial charge >= 0.3 is 0 Å². The van der Waals surface area contributed by atoms with Crippen molar-refractivity contribution in [3.05, 3.63) is 58.7 Å². The van der Waals surface area contributed by atoms with Crippen LogP contribution in [0, 0.1) is 20.8 Å². The number of aromatic hydroxyl groups is 1. The summed E-state index contributed by atoms with van der Waals surface area (Å²) in [6, 6.07) is 11.9. The van der Waals surface area contributed by atoms with E-state index in [0.29, 0.717) is 5.75 Å². The van der Waals surface area contributed by atoms with Gasteiger partial charge in [0.25, 0.3) is 0 Å². The highest BCUT2D eigenvalue weighted by molar-refractivity contribution is 7.98. The maximum Gasteiger partial charge on any atom is 0.129 e. The van der Waals surface area contributed by atoms with Crippen molar-refractivity contribution in [3.8, 4) is 5.75 Å². The topological polar surface area (TPSA) is 20.2 Å². The molecule has 0 atom stereocenters. The summed E-state index contributed by atoms with van der Waals surface area (Å²) in [7, 11) is 0. The quantitative estimate of drug-likeness (QED) is 0.811. The Morgan fingerprint density at radius 2 is 1.61 bits per heavy atom. The van der Waals surface area contributed by atoms with Crippen molar-refractivity contribution >= 4 is 11.8 Å². The molecule has 0 fully saturated rings. The Balaban J connectivity index is 2.19. The molecule has 0 unspecified atom stereocenters. The van der Waals surface area contributed by atoms with Crippen molar-refractivity contribution in [2.24, 2.45) is 0 Å². The predicted octanol–water partition coefficient (Wildman–Crippen LogP) is 4.61. The van der Waals surface area contributed by atoms with E-state index in [-0.39, 0.29) is 0 Å². The van der Waals surface area contributed by atoms with Crippen LogP contribution < -0.4 is 0 Å². The van der Waals surface area contributed by atoms with Gasteiger partial charge in [0.05, 0.1) is 0 Å². The van der Waals surface area contributed by atoms with Crippen molar-refractivity contribution in [1.82, 2.24) is 0 Å². The van der Waals surface area contributed by atoms with Crippen LogP contribution >= 0.6 is 11.8 Å². The number of thioether (sulfide) groups is 1. The molecule has 0 spiro atoms. The summed E-state index contributed by atoms with van der Waals surface area (Å²) in [5.74, 6) is 1.26. The lowest BCUT2D eigenvalue weighted by Crippen LogP contribution is -1.93. The van der Waals surface area contributed by atoms with Gasteiger partial charge in [0.2, 0.25) is 0 Å². The maximum atomic E-state index is 9.75. The summed E-state index contributed by atoms with van der Waals surface area (Å²) >= 11 is 1.68. The largest absolute Gasteiger partial charge is 0.507 e. The van der Waals surface area contributed by atoms with Crippen LogP contribution in [0.2, 0.25) is 0 Å². The third kappa shape index (κ3) is 2.88. The van der Waals surface area contributed by atoms with Gasteiger partial charge in [0, 0.05) is 10.6 Å². The number of para-hydroxylation sites is 1. The van der Waals surface area contributed by atoms with Crippen molar-refractivity contribution < 1.29 is 5.11 Å². The van der Waals surface area contributed by atoms with Crippen LogP contribution in [-0.4, -0.2) is 5.11 Å². The Labute approximate surface area is 113 Å². The van der Waals surface area contributed by atoms with Gasteiger partial charge in [-0.25, -0.2) is 0 Å². The van der Waals surface area contributed by atoms with Gasteiger partial charge < -0.3 is 5.11 Å². The summed E-state index contributed by atoms with van der Waals surface area (Å²) in [4.78, 5) is 0.942. The van der Waals surface area contributed by atoms with Gasteiger partial charge in [-0.05, 0) is 49.6 Å². The summed E-state index contributed by atoms with van der Waals surface area (Å²) in [6.07, 6.45) is 0. The molecular weight excluding hydrogens is 240 g/mol. The molecule has 0 heterocycles. The minimum absolute atomic E-state index is 0.366. The molecule has 0 aliphatic heterocycles. The van der Waals surface area contributed by atoms with E-state index in [4.69, 9.17) is 0 Å². The van der Waals surface area contributed by atoms with E-state index < -0.39 is 0 Å². The van der Waals surface area contributed by atoms with Crippen LogP contribution in [0.3, 0.4) is 0 Å². The van der Waals surface area contributed by atoms with Crippen LogP contribution in [0.25, 0.3) is 0 Å². The molecular formula is C16H18OS. The van der Waals surface area contributed by atoms with Crippen LogP contribution in [-0.2, 0) is 5.75 Å². The van der Waals surface area contributed by atoms with Gasteiger partial charge in [0.15, 0.2) is 0 Å². The van der Waals surface area contributed by atoms with Gasteiger partial charge in [0.1, 0.15) is 5.75 Å². The molecule has 18 heavy (non-hydrogen) atoms. The fraction of sp³-hybridized carbons (Fsp3) is 0.250. The fourth-order valence-corrected chi connectivity index (χ4v) is 3.31. The fourth-order valence-electron chi connectivity index (χ4n) is 2.17. The zero-order valence-electron chi connectivity index (χ0n) is 11.0. The van der Waals surface area contributed by atoms with Crippen LogP contribution in [0.4, 0.5) is 0 Å². The molecule has 1 N–H and O–H groups in total. The lowest BCUT2D eigenvalue weighted by Gasteiger charge is -2.11. The molecule has 1 nitrogen and oxygen atoms in total. The molecule has 0 aromatic heterocycles. The Kier molecular flexibility index (Phi) is 3.97. The van der Waals surface area contributed by atoms with E-state index in [0.717, 1.165) is 10.6 Å². The molecule has 2 rings (SSSR count). The van der Waals surface area contributed by atoms with E-state index >= 15 is 0 Å². The lowest BCUT2D eigenvalue weighted by molar-refractivity contribution is 0.462. The molecule has 0 bridgehead atoms. The summed E-state index contributed by atoms with van der Waals surface area (Å²) in [5, 5.41) is 9.75. The lowest BCUT2D eigenvalue weighted by atomic mass is 10.0. The number of hydrogen-bond donors (Lipinski definition) is 1. The van der Waals surface area contributed by atoms with Gasteiger partial charge in [-0.3, -0.25) is 0 Å². The summed E-state index contributed by atoms with van der Waals surface area (Å²) in [5.41, 5.74) is 5.33. The number of hydrogen-bond acceptors (Lipinski definition) is 2. The van der Waals surface area contributed by atoms with Gasteiger partial charge in [-0.1, -0.05) is 29.8 Å². The summed E-state index contributed by atoms with van der Waals surface area (Å²) < 4.78 is 0.